The molecule has 0 radical (unpaired) electrons. The molecule has 3 N–H and O–H groups in total. The molecule has 0 bridgehead atoms. The molecule has 1 heterocycles. The van der Waals surface area contributed by atoms with Gasteiger partial charge in [-0.1, -0.05) is 0 Å². The molecule has 0 aromatic carbocycles. The molecule has 4 nitrogen and oxygen atoms in total. The predicted octanol–water partition coefficient (Wildman–Crippen LogP) is -0.846. The lowest BCUT2D eigenvalue weighted by molar-refractivity contribution is -0.133. The van der Waals surface area contributed by atoms with Crippen LogP contribution in [-0.2, 0) is 4.79 Å². The van der Waals surface area contributed by atoms with E-state index >= 15 is 0 Å². The molecule has 0 spiro atoms. The summed E-state index contributed by atoms with van der Waals surface area (Å²) in [5, 5.41) is 3.27. The fraction of sp³-hybridized carbons (Fsp3) is 0.875. The van der Waals surface area contributed by atoms with Gasteiger partial charge in [-0.25, -0.2) is 0 Å². The first kappa shape index (κ1) is 9.48. The number of carbonyl (C=O) groups excluding carboxylic acids is 1. The Hall–Kier alpha value is -0.610. The van der Waals surface area contributed by atoms with E-state index < -0.39 is 0 Å². The Morgan fingerprint density at radius 2 is 2.42 bits per heavy atom. The van der Waals surface area contributed by atoms with Crippen LogP contribution in [0, 0.1) is 0 Å². The van der Waals surface area contributed by atoms with Crippen LogP contribution in [0.3, 0.4) is 0 Å². The average molecular weight is 171 g/mol. The highest BCUT2D eigenvalue weighted by molar-refractivity contribution is 5.81. The van der Waals surface area contributed by atoms with Crippen LogP contribution in [-0.4, -0.2) is 42.5 Å². The molecular weight excluding hydrogens is 154 g/mol. The van der Waals surface area contributed by atoms with Crippen molar-refractivity contribution in [2.75, 3.05) is 19.6 Å². The van der Waals surface area contributed by atoms with Gasteiger partial charge >= 0.3 is 0 Å². The van der Waals surface area contributed by atoms with Crippen molar-refractivity contribution in [2.45, 2.75) is 25.9 Å². The maximum atomic E-state index is 11.4. The van der Waals surface area contributed by atoms with E-state index in [-0.39, 0.29) is 11.9 Å². The van der Waals surface area contributed by atoms with E-state index in [9.17, 15) is 4.79 Å². The van der Waals surface area contributed by atoms with Crippen molar-refractivity contribution in [3.05, 3.63) is 0 Å². The van der Waals surface area contributed by atoms with E-state index in [2.05, 4.69) is 12.2 Å². The Labute approximate surface area is 73.1 Å². The highest BCUT2D eigenvalue weighted by Gasteiger charge is 2.22. The Balaban J connectivity index is 2.46. The minimum atomic E-state index is -0.365. The monoisotopic (exact) mass is 171 g/mol. The number of piperazine rings is 1. The van der Waals surface area contributed by atoms with E-state index in [4.69, 9.17) is 5.73 Å². The summed E-state index contributed by atoms with van der Waals surface area (Å²) in [7, 11) is 0. The molecular formula is C8H17N3O. The standard InChI is InChI=1S/C8H17N3O/c1-6-5-11(4-3-10-6)8(12)7(2)9/h6-7,10H,3-5,9H2,1-2H3/t6-,7?/m0/s1. The molecule has 70 valence electrons. The lowest BCUT2D eigenvalue weighted by Crippen LogP contribution is -2.54. The number of nitrogens with one attached hydrogen (secondary N) is 1. The molecule has 4 heteroatoms. The molecule has 1 fully saturated rings. The van der Waals surface area contributed by atoms with Gasteiger partial charge in [0.05, 0.1) is 6.04 Å². The van der Waals surface area contributed by atoms with Crippen LogP contribution < -0.4 is 11.1 Å². The topological polar surface area (TPSA) is 58.4 Å². The van der Waals surface area contributed by atoms with Crippen LogP contribution in [0.1, 0.15) is 13.8 Å². The SMILES string of the molecule is CC(N)C(=O)N1CCN[C@@H](C)C1. The minimum Gasteiger partial charge on any atom is -0.339 e. The van der Waals surface area contributed by atoms with Crippen LogP contribution in [0.15, 0.2) is 0 Å². The zero-order chi connectivity index (χ0) is 9.14. The van der Waals surface area contributed by atoms with Crippen molar-refractivity contribution in [3.63, 3.8) is 0 Å². The van der Waals surface area contributed by atoms with Crippen molar-refractivity contribution in [2.24, 2.45) is 5.73 Å². The minimum absolute atomic E-state index is 0.0587. The molecule has 12 heavy (non-hydrogen) atoms. The summed E-state index contributed by atoms with van der Waals surface area (Å²) in [5.74, 6) is 0.0587. The molecule has 1 aliphatic rings. The zero-order valence-corrected chi connectivity index (χ0v) is 7.71. The average Bonchev–Trinajstić information content (AvgIpc) is 2.03. The highest BCUT2D eigenvalue weighted by Crippen LogP contribution is 2.00. The van der Waals surface area contributed by atoms with Gasteiger partial charge in [-0.15, -0.1) is 0 Å². The Morgan fingerprint density at radius 3 is 2.92 bits per heavy atom. The molecule has 1 unspecified atom stereocenters. The van der Waals surface area contributed by atoms with Gasteiger partial charge in [0.2, 0.25) is 5.91 Å². The number of nitrogens with two attached hydrogens (primary N) is 1. The smallest absolute Gasteiger partial charge is 0.239 e. The van der Waals surface area contributed by atoms with Crippen molar-refractivity contribution in [1.29, 1.82) is 0 Å². The van der Waals surface area contributed by atoms with Gasteiger partial charge in [0.15, 0.2) is 0 Å². The third-order valence-electron chi connectivity index (χ3n) is 2.07. The van der Waals surface area contributed by atoms with Crippen LogP contribution >= 0.6 is 0 Å². The zero-order valence-electron chi connectivity index (χ0n) is 7.71. The number of nitrogens with zero attached hydrogens (tertiary/aromatic N) is 1. The predicted molar refractivity (Wildman–Crippen MR) is 47.7 cm³/mol. The number of hydrogen-bond donors (Lipinski definition) is 2. The lowest BCUT2D eigenvalue weighted by Gasteiger charge is -2.32. The molecule has 0 aromatic heterocycles. The quantitative estimate of drug-likeness (QED) is 0.540. The van der Waals surface area contributed by atoms with Crippen LogP contribution in [0.25, 0.3) is 0 Å². The Bertz CT molecular complexity index is 170. The summed E-state index contributed by atoms with van der Waals surface area (Å²) in [4.78, 5) is 13.2. The van der Waals surface area contributed by atoms with Gasteiger partial charge < -0.3 is 16.0 Å². The maximum absolute atomic E-state index is 11.4. The second-order valence-corrected chi connectivity index (χ2v) is 3.43. The first-order chi connectivity index (χ1) is 5.61. The second kappa shape index (κ2) is 3.87. The number of carbonyl (C=O) groups is 1. The van der Waals surface area contributed by atoms with Crippen LogP contribution in [0.4, 0.5) is 0 Å². The van der Waals surface area contributed by atoms with Gasteiger partial charge in [0.25, 0.3) is 0 Å². The fourth-order valence-corrected chi connectivity index (χ4v) is 1.42. The van der Waals surface area contributed by atoms with Gasteiger partial charge in [-0.2, -0.15) is 0 Å². The van der Waals surface area contributed by atoms with E-state index in [0.29, 0.717) is 6.04 Å². The van der Waals surface area contributed by atoms with Gasteiger partial charge in [0.1, 0.15) is 0 Å². The first-order valence-corrected chi connectivity index (χ1v) is 4.39. The summed E-state index contributed by atoms with van der Waals surface area (Å²) in [6.07, 6.45) is 0. The molecule has 0 aromatic rings. The summed E-state index contributed by atoms with van der Waals surface area (Å²) in [6.45, 7) is 6.24. The van der Waals surface area contributed by atoms with Crippen LogP contribution in [0.5, 0.6) is 0 Å². The molecule has 1 saturated heterocycles. The number of amides is 1. The normalized spacial score (nSPS) is 26.9. The van der Waals surface area contributed by atoms with Gasteiger partial charge in [-0.3, -0.25) is 4.79 Å². The second-order valence-electron chi connectivity index (χ2n) is 3.43. The third kappa shape index (κ3) is 2.19. The van der Waals surface area contributed by atoms with Crippen molar-refractivity contribution < 1.29 is 4.79 Å². The fourth-order valence-electron chi connectivity index (χ4n) is 1.42. The van der Waals surface area contributed by atoms with E-state index in [0.717, 1.165) is 19.6 Å². The molecule has 1 rings (SSSR count). The molecule has 2 atom stereocenters. The largest absolute Gasteiger partial charge is 0.339 e. The highest BCUT2D eigenvalue weighted by atomic mass is 16.2. The van der Waals surface area contributed by atoms with Crippen molar-refractivity contribution in [3.8, 4) is 0 Å². The molecule has 1 amide bonds. The van der Waals surface area contributed by atoms with Gasteiger partial charge in [0, 0.05) is 25.7 Å². The van der Waals surface area contributed by atoms with Crippen molar-refractivity contribution in [1.82, 2.24) is 10.2 Å². The van der Waals surface area contributed by atoms with Crippen LogP contribution in [0.2, 0.25) is 0 Å². The summed E-state index contributed by atoms with van der Waals surface area (Å²) < 4.78 is 0. The molecule has 0 aliphatic carbocycles. The van der Waals surface area contributed by atoms with E-state index in [1.54, 1.807) is 6.92 Å². The van der Waals surface area contributed by atoms with E-state index in [1.807, 2.05) is 4.90 Å². The number of hydrogen-bond acceptors (Lipinski definition) is 3. The third-order valence-corrected chi connectivity index (χ3v) is 2.07. The Morgan fingerprint density at radius 1 is 1.75 bits per heavy atom. The lowest BCUT2D eigenvalue weighted by atomic mass is 10.2. The Kier molecular flexibility index (Phi) is 3.05. The summed E-state index contributed by atoms with van der Waals surface area (Å²) in [5.41, 5.74) is 5.50. The van der Waals surface area contributed by atoms with Gasteiger partial charge in [-0.05, 0) is 13.8 Å². The summed E-state index contributed by atoms with van der Waals surface area (Å²) >= 11 is 0. The molecule has 0 saturated carbocycles. The summed E-state index contributed by atoms with van der Waals surface area (Å²) in [6, 6.07) is 0.0248. The van der Waals surface area contributed by atoms with E-state index in [1.165, 1.54) is 0 Å². The maximum Gasteiger partial charge on any atom is 0.239 e. The van der Waals surface area contributed by atoms with Crippen molar-refractivity contribution >= 4 is 5.91 Å². The first-order valence-electron chi connectivity index (χ1n) is 4.39. The molecule has 1 aliphatic heterocycles. The number of rotatable bonds is 1.